The van der Waals surface area contributed by atoms with E-state index < -0.39 is 0 Å². The second-order valence-corrected chi connectivity index (χ2v) is 3.96. The first-order valence-electron chi connectivity index (χ1n) is 4.74. The van der Waals surface area contributed by atoms with Crippen molar-refractivity contribution in [2.45, 2.75) is 6.54 Å². The van der Waals surface area contributed by atoms with Crippen LogP contribution in [0.1, 0.15) is 0 Å². The van der Waals surface area contributed by atoms with Crippen LogP contribution in [0.25, 0.3) is 10.9 Å². The van der Waals surface area contributed by atoms with Crippen LogP contribution < -0.4 is 10.9 Å². The normalized spacial score (nSPS) is 13.9. The van der Waals surface area contributed by atoms with Crippen LogP contribution in [0.4, 0.5) is 5.82 Å². The van der Waals surface area contributed by atoms with E-state index in [1.165, 1.54) is 0 Å². The summed E-state index contributed by atoms with van der Waals surface area (Å²) in [5, 5.41) is 12.7. The van der Waals surface area contributed by atoms with Gasteiger partial charge >= 0.3 is 0 Å². The molecule has 1 aliphatic heterocycles. The van der Waals surface area contributed by atoms with Gasteiger partial charge in [-0.05, 0) is 18.2 Å². The topological polar surface area (TPSA) is 53.7 Å². The summed E-state index contributed by atoms with van der Waals surface area (Å²) in [5.41, 5.74) is 1.05. The minimum Gasteiger partial charge on any atom is -0.369 e. The molecule has 0 atom stereocenters. The van der Waals surface area contributed by atoms with Crippen molar-refractivity contribution >= 4 is 28.3 Å². The Hall–Kier alpha value is -1.55. The molecular formula is C10H9ClN4. The van der Waals surface area contributed by atoms with Crippen molar-refractivity contribution in [1.29, 1.82) is 5.41 Å². The van der Waals surface area contributed by atoms with E-state index in [1.807, 2.05) is 16.7 Å². The summed E-state index contributed by atoms with van der Waals surface area (Å²) in [4.78, 5) is 4.21. The fraction of sp³-hybridized carbons (Fsp3) is 0.200. The van der Waals surface area contributed by atoms with Crippen molar-refractivity contribution < 1.29 is 0 Å². The lowest BCUT2D eigenvalue weighted by atomic mass is 10.2. The Labute approximate surface area is 91.0 Å². The maximum atomic E-state index is 7.77. The molecular weight excluding hydrogens is 212 g/mol. The standard InChI is InChI=1S/C10H9ClN4/c11-6-1-2-7-8(5-6)14-10(12)15-4-3-13-9(7)15/h1-2,5,12-13H,3-4H2. The smallest absolute Gasteiger partial charge is 0.224 e. The zero-order chi connectivity index (χ0) is 10.4. The van der Waals surface area contributed by atoms with Crippen molar-refractivity contribution in [2.75, 3.05) is 11.9 Å². The highest BCUT2D eigenvalue weighted by molar-refractivity contribution is 6.31. The summed E-state index contributed by atoms with van der Waals surface area (Å²) < 4.78 is 1.87. The molecule has 4 nitrogen and oxygen atoms in total. The maximum Gasteiger partial charge on any atom is 0.224 e. The molecule has 2 N–H and O–H groups in total. The summed E-state index contributed by atoms with van der Waals surface area (Å²) in [6.07, 6.45) is 0. The first kappa shape index (κ1) is 8.73. The molecule has 1 aliphatic rings. The van der Waals surface area contributed by atoms with Crippen LogP contribution in [0.2, 0.25) is 5.02 Å². The quantitative estimate of drug-likeness (QED) is 0.709. The van der Waals surface area contributed by atoms with E-state index in [-0.39, 0.29) is 5.62 Å². The van der Waals surface area contributed by atoms with Crippen molar-refractivity contribution in [3.8, 4) is 0 Å². The van der Waals surface area contributed by atoms with E-state index in [0.717, 1.165) is 29.8 Å². The van der Waals surface area contributed by atoms with E-state index in [9.17, 15) is 0 Å². The van der Waals surface area contributed by atoms with Gasteiger partial charge in [0.15, 0.2) is 0 Å². The Bertz CT molecular complexity index is 602. The Morgan fingerprint density at radius 2 is 2.33 bits per heavy atom. The molecule has 0 amide bonds. The van der Waals surface area contributed by atoms with Crippen molar-refractivity contribution in [3.63, 3.8) is 0 Å². The second kappa shape index (κ2) is 2.97. The number of anilines is 1. The fourth-order valence-corrected chi connectivity index (χ4v) is 2.08. The van der Waals surface area contributed by atoms with Gasteiger partial charge in [-0.15, -0.1) is 0 Å². The highest BCUT2D eigenvalue weighted by atomic mass is 35.5. The number of hydrogen-bond acceptors (Lipinski definition) is 3. The Morgan fingerprint density at radius 1 is 1.47 bits per heavy atom. The Morgan fingerprint density at radius 3 is 3.20 bits per heavy atom. The number of rotatable bonds is 0. The summed E-state index contributed by atoms with van der Waals surface area (Å²) in [6, 6.07) is 5.57. The molecule has 0 aliphatic carbocycles. The molecule has 0 saturated carbocycles. The molecule has 3 rings (SSSR count). The van der Waals surface area contributed by atoms with E-state index in [1.54, 1.807) is 6.07 Å². The predicted octanol–water partition coefficient (Wildman–Crippen LogP) is 1.59. The third-order valence-electron chi connectivity index (χ3n) is 2.59. The monoisotopic (exact) mass is 220 g/mol. The lowest BCUT2D eigenvalue weighted by molar-refractivity contribution is 0.717. The van der Waals surface area contributed by atoms with Crippen LogP contribution in [-0.2, 0) is 6.54 Å². The number of nitrogens with zero attached hydrogens (tertiary/aromatic N) is 2. The molecule has 0 fully saturated rings. The highest BCUT2D eigenvalue weighted by Gasteiger charge is 2.14. The third-order valence-corrected chi connectivity index (χ3v) is 2.83. The number of benzene rings is 1. The molecule has 0 spiro atoms. The Balaban J connectivity index is 2.48. The average Bonchev–Trinajstić information content (AvgIpc) is 2.66. The average molecular weight is 221 g/mol. The molecule has 2 heterocycles. The van der Waals surface area contributed by atoms with Crippen LogP contribution in [0, 0.1) is 5.41 Å². The van der Waals surface area contributed by atoms with Gasteiger partial charge in [0.25, 0.3) is 0 Å². The molecule has 0 saturated heterocycles. The summed E-state index contributed by atoms with van der Waals surface area (Å²) in [7, 11) is 0. The van der Waals surface area contributed by atoms with Crippen molar-refractivity contribution in [1.82, 2.24) is 9.55 Å². The molecule has 5 heteroatoms. The zero-order valence-corrected chi connectivity index (χ0v) is 8.67. The van der Waals surface area contributed by atoms with Crippen LogP contribution in [-0.4, -0.2) is 16.1 Å². The van der Waals surface area contributed by atoms with Crippen LogP contribution in [0.15, 0.2) is 18.2 Å². The molecule has 1 aromatic carbocycles. The van der Waals surface area contributed by atoms with Gasteiger partial charge in [0.05, 0.1) is 5.52 Å². The van der Waals surface area contributed by atoms with Gasteiger partial charge in [0.1, 0.15) is 5.82 Å². The zero-order valence-electron chi connectivity index (χ0n) is 7.92. The minimum atomic E-state index is 0.282. The molecule has 2 aromatic rings. The van der Waals surface area contributed by atoms with E-state index >= 15 is 0 Å². The molecule has 15 heavy (non-hydrogen) atoms. The number of halogens is 1. The van der Waals surface area contributed by atoms with Crippen LogP contribution >= 0.6 is 11.6 Å². The fourth-order valence-electron chi connectivity index (χ4n) is 1.92. The first-order valence-corrected chi connectivity index (χ1v) is 5.12. The number of fused-ring (bicyclic) bond motifs is 3. The molecule has 0 radical (unpaired) electrons. The molecule has 0 unspecified atom stereocenters. The SMILES string of the molecule is N=c1nc2cc(Cl)ccc2c2n1CCN2. The van der Waals surface area contributed by atoms with Crippen molar-refractivity contribution in [3.05, 3.63) is 28.8 Å². The highest BCUT2D eigenvalue weighted by Crippen LogP contribution is 2.24. The number of nitrogens with one attached hydrogen (secondary N) is 2. The van der Waals surface area contributed by atoms with Crippen LogP contribution in [0.3, 0.4) is 0 Å². The largest absolute Gasteiger partial charge is 0.369 e. The van der Waals surface area contributed by atoms with Crippen LogP contribution in [0.5, 0.6) is 0 Å². The van der Waals surface area contributed by atoms with E-state index in [0.29, 0.717) is 5.02 Å². The first-order chi connectivity index (χ1) is 7.25. The van der Waals surface area contributed by atoms with Gasteiger partial charge in [-0.2, -0.15) is 0 Å². The second-order valence-electron chi connectivity index (χ2n) is 3.52. The molecule has 1 aromatic heterocycles. The van der Waals surface area contributed by atoms with Gasteiger partial charge in [-0.1, -0.05) is 11.6 Å². The van der Waals surface area contributed by atoms with Gasteiger partial charge in [-0.3, -0.25) is 9.98 Å². The Kier molecular flexibility index (Phi) is 1.73. The summed E-state index contributed by atoms with van der Waals surface area (Å²) in [6.45, 7) is 1.66. The number of hydrogen-bond donors (Lipinski definition) is 2. The van der Waals surface area contributed by atoms with Gasteiger partial charge in [0.2, 0.25) is 5.62 Å². The summed E-state index contributed by atoms with van der Waals surface area (Å²) in [5.74, 6) is 0.974. The lowest BCUT2D eigenvalue weighted by Gasteiger charge is -2.06. The lowest BCUT2D eigenvalue weighted by Crippen LogP contribution is -2.21. The maximum absolute atomic E-state index is 7.77. The van der Waals surface area contributed by atoms with Gasteiger partial charge < -0.3 is 5.32 Å². The predicted molar refractivity (Wildman–Crippen MR) is 59.1 cm³/mol. The van der Waals surface area contributed by atoms with E-state index in [2.05, 4.69) is 10.3 Å². The van der Waals surface area contributed by atoms with E-state index in [4.69, 9.17) is 17.0 Å². The van der Waals surface area contributed by atoms with Crippen molar-refractivity contribution in [2.24, 2.45) is 0 Å². The van der Waals surface area contributed by atoms with Gasteiger partial charge in [0, 0.05) is 23.5 Å². The number of aromatic nitrogens is 2. The third kappa shape index (κ3) is 1.22. The molecule has 76 valence electrons. The summed E-state index contributed by atoms with van der Waals surface area (Å²) >= 11 is 5.89. The minimum absolute atomic E-state index is 0.282. The van der Waals surface area contributed by atoms with Gasteiger partial charge in [-0.25, -0.2) is 4.98 Å². The molecule has 0 bridgehead atoms.